The van der Waals surface area contributed by atoms with E-state index in [0.29, 0.717) is 18.1 Å². The molecule has 2 fully saturated rings. The van der Waals surface area contributed by atoms with Crippen LogP contribution in [0, 0.1) is 0 Å². The number of alkyl carbamates (subject to hydrolysis) is 1. The summed E-state index contributed by atoms with van der Waals surface area (Å²) in [5, 5.41) is 10.3. The van der Waals surface area contributed by atoms with Gasteiger partial charge in [0.2, 0.25) is 0 Å². The molecule has 0 aromatic heterocycles. The Bertz CT molecular complexity index is 361. The number of hydrogen-bond acceptors (Lipinski definition) is 4. The third kappa shape index (κ3) is 5.76. The molecular formula is C17H33N3O2. The van der Waals surface area contributed by atoms with Gasteiger partial charge in [-0.25, -0.2) is 4.79 Å². The third-order valence-corrected chi connectivity index (χ3v) is 4.52. The lowest BCUT2D eigenvalue weighted by Crippen LogP contribution is -2.51. The highest BCUT2D eigenvalue weighted by Gasteiger charge is 2.31. The van der Waals surface area contributed by atoms with Crippen molar-refractivity contribution in [3.05, 3.63) is 0 Å². The molecule has 3 N–H and O–H groups in total. The molecule has 4 unspecified atom stereocenters. The number of nitrogens with one attached hydrogen (secondary N) is 3. The summed E-state index contributed by atoms with van der Waals surface area (Å²) < 4.78 is 5.37. The summed E-state index contributed by atoms with van der Waals surface area (Å²) in [5.74, 6) is 0. The minimum absolute atomic E-state index is 0.189. The highest BCUT2D eigenvalue weighted by Crippen LogP contribution is 2.21. The summed E-state index contributed by atoms with van der Waals surface area (Å²) in [7, 11) is 0. The van der Waals surface area contributed by atoms with Crippen molar-refractivity contribution in [3.63, 3.8) is 0 Å². The SMILES string of the molecule is CC(CC1CCCN1)NC1CCCC1NC(=O)OC(C)(C)C. The van der Waals surface area contributed by atoms with E-state index < -0.39 is 5.60 Å². The molecule has 1 aliphatic heterocycles. The smallest absolute Gasteiger partial charge is 0.407 e. The van der Waals surface area contributed by atoms with Gasteiger partial charge in [0, 0.05) is 24.2 Å². The van der Waals surface area contributed by atoms with Crippen LogP contribution in [0.25, 0.3) is 0 Å². The third-order valence-electron chi connectivity index (χ3n) is 4.52. The molecule has 0 spiro atoms. The first kappa shape index (κ1) is 17.5. The summed E-state index contributed by atoms with van der Waals surface area (Å²) in [4.78, 5) is 12.0. The van der Waals surface area contributed by atoms with E-state index >= 15 is 0 Å². The lowest BCUT2D eigenvalue weighted by Gasteiger charge is -2.28. The van der Waals surface area contributed by atoms with Crippen LogP contribution in [-0.2, 0) is 4.74 Å². The van der Waals surface area contributed by atoms with Crippen molar-refractivity contribution in [2.45, 2.75) is 96.0 Å². The Kier molecular flexibility index (Phi) is 6.09. The van der Waals surface area contributed by atoms with Gasteiger partial charge in [-0.3, -0.25) is 0 Å². The topological polar surface area (TPSA) is 62.4 Å². The molecule has 1 heterocycles. The summed E-state index contributed by atoms with van der Waals surface area (Å²) >= 11 is 0. The zero-order valence-electron chi connectivity index (χ0n) is 14.6. The van der Waals surface area contributed by atoms with Crippen molar-refractivity contribution < 1.29 is 9.53 Å². The summed E-state index contributed by atoms with van der Waals surface area (Å²) in [6.45, 7) is 9.10. The van der Waals surface area contributed by atoms with E-state index in [-0.39, 0.29) is 12.1 Å². The second-order valence-electron chi connectivity index (χ2n) is 7.89. The molecular weight excluding hydrogens is 278 g/mol. The second kappa shape index (κ2) is 7.64. The first-order valence-electron chi connectivity index (χ1n) is 8.82. The average Bonchev–Trinajstić information content (AvgIpc) is 2.99. The van der Waals surface area contributed by atoms with Crippen molar-refractivity contribution in [1.29, 1.82) is 0 Å². The van der Waals surface area contributed by atoms with Gasteiger partial charge in [-0.2, -0.15) is 0 Å². The van der Waals surface area contributed by atoms with Gasteiger partial charge in [-0.1, -0.05) is 0 Å². The second-order valence-corrected chi connectivity index (χ2v) is 7.89. The van der Waals surface area contributed by atoms with Gasteiger partial charge in [-0.05, 0) is 72.8 Å². The monoisotopic (exact) mass is 311 g/mol. The van der Waals surface area contributed by atoms with Crippen molar-refractivity contribution in [1.82, 2.24) is 16.0 Å². The van der Waals surface area contributed by atoms with E-state index in [0.717, 1.165) is 32.2 Å². The van der Waals surface area contributed by atoms with Crippen LogP contribution >= 0.6 is 0 Å². The fourth-order valence-corrected chi connectivity index (χ4v) is 3.61. The summed E-state index contributed by atoms with van der Waals surface area (Å²) in [6, 6.07) is 1.68. The maximum absolute atomic E-state index is 12.0. The Morgan fingerprint density at radius 3 is 2.59 bits per heavy atom. The minimum Gasteiger partial charge on any atom is -0.444 e. The average molecular weight is 311 g/mol. The molecule has 1 aliphatic carbocycles. The fourth-order valence-electron chi connectivity index (χ4n) is 3.61. The summed E-state index contributed by atoms with van der Waals surface area (Å²) in [6.07, 6.45) is 6.77. The van der Waals surface area contributed by atoms with Gasteiger partial charge in [0.15, 0.2) is 0 Å². The van der Waals surface area contributed by atoms with E-state index in [1.807, 2.05) is 20.8 Å². The number of amides is 1. The number of carbonyl (C=O) groups is 1. The zero-order chi connectivity index (χ0) is 16.2. The fraction of sp³-hybridized carbons (Fsp3) is 0.941. The van der Waals surface area contributed by atoms with E-state index in [9.17, 15) is 4.79 Å². The predicted molar refractivity (Wildman–Crippen MR) is 89.0 cm³/mol. The van der Waals surface area contributed by atoms with E-state index in [1.54, 1.807) is 0 Å². The van der Waals surface area contributed by atoms with Crippen LogP contribution < -0.4 is 16.0 Å². The quantitative estimate of drug-likeness (QED) is 0.730. The Hall–Kier alpha value is -0.810. The predicted octanol–water partition coefficient (Wildman–Crippen LogP) is 2.55. The molecule has 128 valence electrons. The molecule has 22 heavy (non-hydrogen) atoms. The molecule has 1 saturated carbocycles. The first-order chi connectivity index (χ1) is 10.3. The van der Waals surface area contributed by atoms with Gasteiger partial charge in [0.25, 0.3) is 0 Å². The molecule has 0 bridgehead atoms. The maximum Gasteiger partial charge on any atom is 0.407 e. The van der Waals surface area contributed by atoms with Gasteiger partial charge in [0.1, 0.15) is 5.60 Å². The maximum atomic E-state index is 12.0. The van der Waals surface area contributed by atoms with Gasteiger partial charge in [-0.15, -0.1) is 0 Å². The largest absolute Gasteiger partial charge is 0.444 e. The van der Waals surface area contributed by atoms with Gasteiger partial charge in [0.05, 0.1) is 0 Å². The molecule has 4 atom stereocenters. The molecule has 5 heteroatoms. The van der Waals surface area contributed by atoms with E-state index in [4.69, 9.17) is 4.74 Å². The first-order valence-corrected chi connectivity index (χ1v) is 8.82. The number of ether oxygens (including phenoxy) is 1. The number of hydrogen-bond donors (Lipinski definition) is 3. The standard InChI is InChI=1S/C17H33N3O2/c1-12(11-13-7-6-10-18-13)19-14-8-5-9-15(14)20-16(21)22-17(2,3)4/h12-15,18-19H,5-11H2,1-4H3,(H,20,21). The van der Waals surface area contributed by atoms with Crippen molar-refractivity contribution in [2.24, 2.45) is 0 Å². The summed E-state index contributed by atoms with van der Waals surface area (Å²) in [5.41, 5.74) is -0.437. The Balaban J connectivity index is 1.76. The van der Waals surface area contributed by atoms with Gasteiger partial charge < -0.3 is 20.7 Å². The van der Waals surface area contributed by atoms with Crippen LogP contribution in [0.1, 0.15) is 66.2 Å². The van der Waals surface area contributed by atoms with Crippen LogP contribution in [0.3, 0.4) is 0 Å². The Morgan fingerprint density at radius 1 is 1.23 bits per heavy atom. The Labute approximate surface area is 134 Å². The molecule has 0 aromatic rings. The molecule has 1 amide bonds. The molecule has 2 rings (SSSR count). The molecule has 2 aliphatic rings. The molecule has 0 radical (unpaired) electrons. The van der Waals surface area contributed by atoms with Crippen molar-refractivity contribution in [2.75, 3.05) is 6.54 Å². The van der Waals surface area contributed by atoms with E-state index in [1.165, 1.54) is 12.8 Å². The van der Waals surface area contributed by atoms with E-state index in [2.05, 4.69) is 22.9 Å². The molecule has 5 nitrogen and oxygen atoms in total. The number of rotatable bonds is 5. The van der Waals surface area contributed by atoms with Gasteiger partial charge >= 0.3 is 6.09 Å². The normalized spacial score (nSPS) is 30.3. The lowest BCUT2D eigenvalue weighted by atomic mass is 10.0. The molecule has 0 aromatic carbocycles. The lowest BCUT2D eigenvalue weighted by molar-refractivity contribution is 0.0496. The minimum atomic E-state index is -0.437. The van der Waals surface area contributed by atoms with Crippen LogP contribution in [0.4, 0.5) is 4.79 Å². The van der Waals surface area contributed by atoms with Crippen molar-refractivity contribution in [3.8, 4) is 0 Å². The molecule has 1 saturated heterocycles. The highest BCUT2D eigenvalue weighted by atomic mass is 16.6. The Morgan fingerprint density at radius 2 is 1.95 bits per heavy atom. The van der Waals surface area contributed by atoms with Crippen LogP contribution in [0.15, 0.2) is 0 Å². The number of carbonyl (C=O) groups excluding carboxylic acids is 1. The highest BCUT2D eigenvalue weighted by molar-refractivity contribution is 5.68. The zero-order valence-corrected chi connectivity index (χ0v) is 14.6. The van der Waals surface area contributed by atoms with Crippen LogP contribution in [-0.4, -0.2) is 42.4 Å². The van der Waals surface area contributed by atoms with Crippen LogP contribution in [0.2, 0.25) is 0 Å². The van der Waals surface area contributed by atoms with Crippen molar-refractivity contribution >= 4 is 6.09 Å². The van der Waals surface area contributed by atoms with Crippen LogP contribution in [0.5, 0.6) is 0 Å².